The van der Waals surface area contributed by atoms with Gasteiger partial charge in [-0.15, -0.1) is 0 Å². The first-order valence-electron chi connectivity index (χ1n) is 9.46. The number of hydrogen-bond donors (Lipinski definition) is 1. The first-order chi connectivity index (χ1) is 14.5. The van der Waals surface area contributed by atoms with Gasteiger partial charge in [0.2, 0.25) is 5.78 Å². The lowest BCUT2D eigenvalue weighted by Gasteiger charge is -2.14. The summed E-state index contributed by atoms with van der Waals surface area (Å²) < 4.78 is 12.2. The van der Waals surface area contributed by atoms with Crippen molar-refractivity contribution >= 4 is 17.8 Å². The van der Waals surface area contributed by atoms with Gasteiger partial charge in [0.15, 0.2) is 6.61 Å². The maximum Gasteiger partial charge on any atom is 0.341 e. The largest absolute Gasteiger partial charge is 0.497 e. The van der Waals surface area contributed by atoms with Gasteiger partial charge in [0.1, 0.15) is 11.5 Å². The molecule has 1 aromatic heterocycles. The van der Waals surface area contributed by atoms with Crippen LogP contribution in [-0.2, 0) is 4.79 Å². The van der Waals surface area contributed by atoms with E-state index in [1.807, 2.05) is 54.1 Å². The van der Waals surface area contributed by atoms with Crippen LogP contribution in [-0.4, -0.2) is 35.1 Å². The Hall–Kier alpha value is -3.80. The average Bonchev–Trinajstić information content (AvgIpc) is 3.26. The molecule has 30 heavy (non-hydrogen) atoms. The second-order valence-corrected chi connectivity index (χ2v) is 6.71. The molecule has 6 nitrogen and oxygen atoms in total. The molecule has 1 N–H and O–H groups in total. The summed E-state index contributed by atoms with van der Waals surface area (Å²) in [5.41, 5.74) is 2.15. The number of ether oxygens (including phenoxy) is 2. The second-order valence-electron chi connectivity index (χ2n) is 6.71. The predicted molar refractivity (Wildman–Crippen MR) is 114 cm³/mol. The van der Waals surface area contributed by atoms with Gasteiger partial charge in [-0.25, -0.2) is 4.79 Å². The number of hydrogen-bond acceptors (Lipinski definition) is 4. The van der Waals surface area contributed by atoms with E-state index in [2.05, 4.69) is 0 Å². The van der Waals surface area contributed by atoms with Gasteiger partial charge in [0.25, 0.3) is 0 Å². The first-order valence-corrected chi connectivity index (χ1v) is 9.46. The molecular formula is C24H23NO5. The molecule has 0 saturated carbocycles. The Bertz CT molecular complexity index is 1030. The molecule has 0 amide bonds. The fourth-order valence-corrected chi connectivity index (χ4v) is 2.99. The van der Waals surface area contributed by atoms with Crippen LogP contribution in [0.15, 0.2) is 72.9 Å². The van der Waals surface area contributed by atoms with Gasteiger partial charge in [-0.3, -0.25) is 4.79 Å². The van der Waals surface area contributed by atoms with Crippen LogP contribution in [0.2, 0.25) is 0 Å². The number of ketones is 1. The van der Waals surface area contributed by atoms with E-state index < -0.39 is 5.97 Å². The summed E-state index contributed by atoms with van der Waals surface area (Å²) in [5.74, 6) is 0.139. The molecule has 0 aliphatic heterocycles. The van der Waals surface area contributed by atoms with Crippen LogP contribution in [0, 0.1) is 0 Å². The number of rotatable bonds is 9. The minimum Gasteiger partial charge on any atom is -0.497 e. The molecule has 0 spiro atoms. The molecule has 1 heterocycles. The van der Waals surface area contributed by atoms with Gasteiger partial charge < -0.3 is 19.1 Å². The molecule has 1 unspecified atom stereocenters. The van der Waals surface area contributed by atoms with Crippen molar-refractivity contribution in [2.45, 2.75) is 13.0 Å². The van der Waals surface area contributed by atoms with E-state index in [-0.39, 0.29) is 18.4 Å². The summed E-state index contributed by atoms with van der Waals surface area (Å²) in [5, 5.41) is 8.65. The Morgan fingerprint density at radius 2 is 1.70 bits per heavy atom. The molecule has 2 aromatic carbocycles. The molecule has 154 valence electrons. The van der Waals surface area contributed by atoms with Crippen LogP contribution < -0.4 is 9.47 Å². The summed E-state index contributed by atoms with van der Waals surface area (Å²) >= 11 is 0. The maximum atomic E-state index is 12.9. The number of aromatic nitrogens is 1. The van der Waals surface area contributed by atoms with Crippen molar-refractivity contribution in [3.05, 3.63) is 89.8 Å². The summed E-state index contributed by atoms with van der Waals surface area (Å²) in [7, 11) is 1.59. The highest BCUT2D eigenvalue weighted by atomic mass is 16.5. The Morgan fingerprint density at radius 3 is 2.33 bits per heavy atom. The van der Waals surface area contributed by atoms with Crippen LogP contribution >= 0.6 is 0 Å². The molecule has 0 saturated heterocycles. The molecule has 3 aromatic rings. The Balaban J connectivity index is 1.70. The van der Waals surface area contributed by atoms with E-state index in [9.17, 15) is 9.59 Å². The number of benzene rings is 2. The normalized spacial score (nSPS) is 11.9. The van der Waals surface area contributed by atoms with Crippen LogP contribution in [0.3, 0.4) is 0 Å². The molecule has 6 heteroatoms. The summed E-state index contributed by atoms with van der Waals surface area (Å²) in [6.45, 7) is 1.64. The van der Waals surface area contributed by atoms with Crippen LogP contribution in [0.1, 0.15) is 34.6 Å². The number of methoxy groups -OCH3 is 1. The van der Waals surface area contributed by atoms with Gasteiger partial charge >= 0.3 is 5.97 Å². The van der Waals surface area contributed by atoms with Crippen molar-refractivity contribution in [1.82, 2.24) is 4.57 Å². The summed E-state index contributed by atoms with van der Waals surface area (Å²) in [6, 6.07) is 17.8. The maximum absolute atomic E-state index is 12.9. The molecule has 0 radical (unpaired) electrons. The van der Waals surface area contributed by atoms with Crippen molar-refractivity contribution < 1.29 is 24.2 Å². The zero-order valence-corrected chi connectivity index (χ0v) is 16.8. The fraction of sp³-hybridized carbons (Fsp3) is 0.167. The van der Waals surface area contributed by atoms with E-state index in [1.54, 1.807) is 43.5 Å². The second kappa shape index (κ2) is 9.60. The zero-order valence-electron chi connectivity index (χ0n) is 16.8. The highest BCUT2D eigenvalue weighted by Gasteiger charge is 2.15. The quantitative estimate of drug-likeness (QED) is 0.532. The number of carboxylic acids is 1. The Labute approximate surface area is 175 Å². The molecule has 0 aliphatic carbocycles. The number of allylic oxidation sites excluding steroid dienone is 1. The average molecular weight is 405 g/mol. The van der Waals surface area contributed by atoms with Gasteiger partial charge in [-0.1, -0.05) is 24.3 Å². The summed E-state index contributed by atoms with van der Waals surface area (Å²) in [6.07, 6.45) is 5.83. The lowest BCUT2D eigenvalue weighted by Crippen LogP contribution is -2.12. The van der Waals surface area contributed by atoms with Gasteiger partial charge in [0.05, 0.1) is 12.8 Å². The highest BCUT2D eigenvalue weighted by molar-refractivity contribution is 6.08. The van der Waals surface area contributed by atoms with Gasteiger partial charge in [-0.05, 0) is 61.0 Å². The number of nitrogens with zero attached hydrogens (tertiary/aromatic N) is 1. The highest BCUT2D eigenvalue weighted by Crippen LogP contribution is 2.20. The molecule has 3 rings (SSSR count). The van der Waals surface area contributed by atoms with Crippen LogP contribution in [0.5, 0.6) is 11.5 Å². The molecule has 1 atom stereocenters. The molecular weight excluding hydrogens is 382 g/mol. The number of carbonyl (C=O) groups excluding carboxylic acids is 1. The molecule has 0 fully saturated rings. The van der Waals surface area contributed by atoms with E-state index >= 15 is 0 Å². The molecule has 0 bridgehead atoms. The lowest BCUT2D eigenvalue weighted by molar-refractivity contribution is -0.139. The molecule has 0 aliphatic rings. The SMILES string of the molecule is COc1ccc(C(=O)c2cccn2C(C)C=Cc2ccc(OCC(=O)O)cc2)cc1. The van der Waals surface area contributed by atoms with E-state index in [1.165, 1.54) is 0 Å². The fourth-order valence-electron chi connectivity index (χ4n) is 2.99. The van der Waals surface area contributed by atoms with Crippen molar-refractivity contribution in [2.24, 2.45) is 0 Å². The number of carbonyl (C=O) groups is 2. The number of carboxylic acid groups (broad SMARTS) is 1. The van der Waals surface area contributed by atoms with E-state index in [4.69, 9.17) is 14.6 Å². The van der Waals surface area contributed by atoms with E-state index in [0.29, 0.717) is 22.8 Å². The minimum atomic E-state index is -1.01. The Morgan fingerprint density at radius 1 is 1.03 bits per heavy atom. The zero-order chi connectivity index (χ0) is 21.5. The first kappa shape index (κ1) is 20.9. The summed E-state index contributed by atoms with van der Waals surface area (Å²) in [4.78, 5) is 23.5. The Kier molecular flexibility index (Phi) is 6.70. The van der Waals surface area contributed by atoms with Crippen LogP contribution in [0.25, 0.3) is 6.08 Å². The lowest BCUT2D eigenvalue weighted by atomic mass is 10.1. The van der Waals surface area contributed by atoms with Gasteiger partial charge in [-0.2, -0.15) is 0 Å². The third kappa shape index (κ3) is 5.17. The van der Waals surface area contributed by atoms with E-state index in [0.717, 1.165) is 5.56 Å². The predicted octanol–water partition coefficient (Wildman–Crippen LogP) is 4.47. The van der Waals surface area contributed by atoms with Crippen molar-refractivity contribution in [3.63, 3.8) is 0 Å². The minimum absolute atomic E-state index is 0.0415. The van der Waals surface area contributed by atoms with Crippen LogP contribution in [0.4, 0.5) is 0 Å². The standard InChI is InChI=1S/C24H23NO5/c1-17(5-6-18-7-11-21(12-8-18)30-16-23(26)27)25-15-3-4-22(25)24(28)19-9-13-20(29-2)14-10-19/h3-15,17H,16H2,1-2H3,(H,26,27). The third-order valence-electron chi connectivity index (χ3n) is 4.61. The van der Waals surface area contributed by atoms with Gasteiger partial charge in [0, 0.05) is 17.8 Å². The van der Waals surface area contributed by atoms with Crippen molar-refractivity contribution in [2.75, 3.05) is 13.7 Å². The van der Waals surface area contributed by atoms with Crippen molar-refractivity contribution in [3.8, 4) is 11.5 Å². The monoisotopic (exact) mass is 405 g/mol. The van der Waals surface area contributed by atoms with Crippen molar-refractivity contribution in [1.29, 1.82) is 0 Å². The number of aliphatic carboxylic acids is 1. The third-order valence-corrected chi connectivity index (χ3v) is 4.61. The smallest absolute Gasteiger partial charge is 0.341 e. The topological polar surface area (TPSA) is 77.8 Å².